The second-order valence-electron chi connectivity index (χ2n) is 2.73. The molecule has 2 nitrogen and oxygen atoms in total. The fourth-order valence-corrected chi connectivity index (χ4v) is 1.69. The first kappa shape index (κ1) is 8.56. The van der Waals surface area contributed by atoms with E-state index in [1.807, 2.05) is 0 Å². The van der Waals surface area contributed by atoms with Crippen molar-refractivity contribution in [3.63, 3.8) is 0 Å². The third-order valence-corrected chi connectivity index (χ3v) is 2.43. The SMILES string of the molecule is O=C1CCOc2c(SF)cccc21. The molecule has 0 saturated heterocycles. The van der Waals surface area contributed by atoms with Crippen LogP contribution in [-0.2, 0) is 0 Å². The molecule has 0 unspecified atom stereocenters. The van der Waals surface area contributed by atoms with Crippen molar-refractivity contribution in [2.24, 2.45) is 0 Å². The fourth-order valence-electron chi connectivity index (χ4n) is 1.33. The largest absolute Gasteiger partial charge is 0.491 e. The van der Waals surface area contributed by atoms with Crippen LogP contribution in [0.15, 0.2) is 23.1 Å². The summed E-state index contributed by atoms with van der Waals surface area (Å²) in [5.74, 6) is 0.420. The van der Waals surface area contributed by atoms with Crippen LogP contribution in [0.1, 0.15) is 16.8 Å². The van der Waals surface area contributed by atoms with Gasteiger partial charge in [-0.1, -0.05) is 6.07 Å². The minimum atomic E-state index is 0.0251. The molecule has 0 atom stereocenters. The lowest BCUT2D eigenvalue weighted by atomic mass is 10.1. The van der Waals surface area contributed by atoms with E-state index < -0.39 is 0 Å². The van der Waals surface area contributed by atoms with Crippen molar-refractivity contribution < 1.29 is 13.4 Å². The topological polar surface area (TPSA) is 26.3 Å². The maximum Gasteiger partial charge on any atom is 0.170 e. The van der Waals surface area contributed by atoms with Gasteiger partial charge in [0.05, 0.1) is 29.2 Å². The highest BCUT2D eigenvalue weighted by Crippen LogP contribution is 2.35. The van der Waals surface area contributed by atoms with E-state index >= 15 is 0 Å². The first-order valence-corrected chi connectivity index (χ1v) is 4.62. The fraction of sp³-hybridized carbons (Fsp3) is 0.222. The number of benzene rings is 1. The van der Waals surface area contributed by atoms with Crippen LogP contribution < -0.4 is 4.74 Å². The Morgan fingerprint density at radius 3 is 3.08 bits per heavy atom. The van der Waals surface area contributed by atoms with E-state index in [1.54, 1.807) is 18.2 Å². The molecule has 0 N–H and O–H groups in total. The molecule has 68 valence electrons. The number of carbonyl (C=O) groups is 1. The predicted octanol–water partition coefficient (Wildman–Crippen LogP) is 2.63. The molecule has 0 amide bonds. The third kappa shape index (κ3) is 1.42. The van der Waals surface area contributed by atoms with Crippen LogP contribution >= 0.6 is 12.1 Å². The molecule has 13 heavy (non-hydrogen) atoms. The van der Waals surface area contributed by atoms with Gasteiger partial charge in [-0.3, -0.25) is 4.79 Å². The number of hydrogen-bond acceptors (Lipinski definition) is 3. The summed E-state index contributed by atoms with van der Waals surface area (Å²) in [6.45, 7) is 0.351. The summed E-state index contributed by atoms with van der Waals surface area (Å²) >= 11 is 0.108. The maximum absolute atomic E-state index is 12.4. The number of fused-ring (bicyclic) bond motifs is 1. The van der Waals surface area contributed by atoms with Crippen molar-refractivity contribution >= 4 is 17.9 Å². The Morgan fingerprint density at radius 2 is 2.31 bits per heavy atom. The Bertz CT molecular complexity index is 351. The Balaban J connectivity index is 2.54. The molecule has 1 aromatic rings. The second kappa shape index (κ2) is 3.38. The van der Waals surface area contributed by atoms with Gasteiger partial charge in [-0.2, -0.15) is 3.89 Å². The number of carbonyl (C=O) groups excluding carboxylic acids is 1. The molecule has 2 rings (SSSR count). The van der Waals surface area contributed by atoms with Gasteiger partial charge in [-0.15, -0.1) is 0 Å². The van der Waals surface area contributed by atoms with Crippen LogP contribution in [0.3, 0.4) is 0 Å². The van der Waals surface area contributed by atoms with Gasteiger partial charge in [0.1, 0.15) is 5.75 Å². The van der Waals surface area contributed by atoms with Crippen LogP contribution in [-0.4, -0.2) is 12.4 Å². The van der Waals surface area contributed by atoms with E-state index in [4.69, 9.17) is 4.74 Å². The summed E-state index contributed by atoms with van der Waals surface area (Å²) in [7, 11) is 0. The summed E-state index contributed by atoms with van der Waals surface area (Å²) in [6.07, 6.45) is 0.382. The first-order valence-electron chi connectivity index (χ1n) is 3.90. The Labute approximate surface area is 79.4 Å². The van der Waals surface area contributed by atoms with Crippen LogP contribution in [0.25, 0.3) is 0 Å². The summed E-state index contributed by atoms with van der Waals surface area (Å²) in [5.41, 5.74) is 0.494. The molecule has 0 aliphatic carbocycles. The van der Waals surface area contributed by atoms with Crippen molar-refractivity contribution in [2.45, 2.75) is 11.3 Å². The number of hydrogen-bond donors (Lipinski definition) is 0. The molecule has 1 aromatic carbocycles. The average molecular weight is 198 g/mol. The van der Waals surface area contributed by atoms with Crippen LogP contribution in [0.5, 0.6) is 5.75 Å². The number of ketones is 1. The molecule has 0 saturated carbocycles. The minimum Gasteiger partial charge on any atom is -0.491 e. The quantitative estimate of drug-likeness (QED) is 0.693. The van der Waals surface area contributed by atoms with E-state index in [9.17, 15) is 8.68 Å². The van der Waals surface area contributed by atoms with Gasteiger partial charge in [0.2, 0.25) is 0 Å². The summed E-state index contributed by atoms with van der Waals surface area (Å²) in [5, 5.41) is 0. The van der Waals surface area contributed by atoms with Crippen molar-refractivity contribution in [3.05, 3.63) is 23.8 Å². The van der Waals surface area contributed by atoms with Gasteiger partial charge < -0.3 is 4.74 Å². The normalized spacial score (nSPS) is 15.0. The lowest BCUT2D eigenvalue weighted by Crippen LogP contribution is -2.15. The highest BCUT2D eigenvalue weighted by molar-refractivity contribution is 7.94. The van der Waals surface area contributed by atoms with Gasteiger partial charge in [0.15, 0.2) is 5.78 Å². The van der Waals surface area contributed by atoms with Crippen molar-refractivity contribution in [2.75, 3.05) is 6.61 Å². The zero-order valence-corrected chi connectivity index (χ0v) is 7.57. The molecule has 1 heterocycles. The van der Waals surface area contributed by atoms with Gasteiger partial charge in [-0.25, -0.2) is 0 Å². The zero-order valence-electron chi connectivity index (χ0n) is 6.75. The second-order valence-corrected chi connectivity index (χ2v) is 3.33. The van der Waals surface area contributed by atoms with Crippen molar-refractivity contribution in [1.82, 2.24) is 0 Å². The molecule has 1 aliphatic heterocycles. The molecule has 0 bridgehead atoms. The van der Waals surface area contributed by atoms with E-state index in [0.29, 0.717) is 29.2 Å². The average Bonchev–Trinajstić information content (AvgIpc) is 2.18. The van der Waals surface area contributed by atoms with Crippen LogP contribution in [0.2, 0.25) is 0 Å². The molecule has 4 heteroatoms. The van der Waals surface area contributed by atoms with E-state index in [1.165, 1.54) is 0 Å². The number of para-hydroxylation sites is 1. The monoisotopic (exact) mass is 198 g/mol. The Kier molecular flexibility index (Phi) is 2.22. The van der Waals surface area contributed by atoms with E-state index in [0.717, 1.165) is 0 Å². The molecular formula is C9H7FO2S. The third-order valence-electron chi connectivity index (χ3n) is 1.94. The van der Waals surface area contributed by atoms with Gasteiger partial charge >= 0.3 is 0 Å². The van der Waals surface area contributed by atoms with Gasteiger partial charge in [-0.05, 0) is 12.1 Å². The van der Waals surface area contributed by atoms with Gasteiger partial charge in [0, 0.05) is 6.42 Å². The van der Waals surface area contributed by atoms with Crippen LogP contribution in [0, 0.1) is 0 Å². The zero-order chi connectivity index (χ0) is 9.26. The highest BCUT2D eigenvalue weighted by Gasteiger charge is 2.21. The standard InChI is InChI=1S/C9H7FO2S/c10-13-8-3-1-2-6-7(11)4-5-12-9(6)8/h1-3H,4-5H2. The highest BCUT2D eigenvalue weighted by atomic mass is 32.2. The summed E-state index contributed by atoms with van der Waals surface area (Å²) < 4.78 is 17.6. The number of ether oxygens (including phenoxy) is 1. The molecule has 0 aromatic heterocycles. The van der Waals surface area contributed by atoms with Crippen molar-refractivity contribution in [1.29, 1.82) is 0 Å². The number of halogens is 1. The van der Waals surface area contributed by atoms with E-state index in [-0.39, 0.29) is 17.9 Å². The summed E-state index contributed by atoms with van der Waals surface area (Å²) in [4.78, 5) is 11.7. The van der Waals surface area contributed by atoms with E-state index in [2.05, 4.69) is 0 Å². The molecule has 0 fully saturated rings. The minimum absolute atomic E-state index is 0.0251. The summed E-state index contributed by atoms with van der Waals surface area (Å²) in [6, 6.07) is 4.92. The number of rotatable bonds is 1. The molecule has 0 spiro atoms. The Morgan fingerprint density at radius 1 is 1.46 bits per heavy atom. The lowest BCUT2D eigenvalue weighted by molar-refractivity contribution is 0.0931. The molecule has 1 aliphatic rings. The Hall–Kier alpha value is -1.03. The smallest absolute Gasteiger partial charge is 0.170 e. The first-order chi connectivity index (χ1) is 6.33. The predicted molar refractivity (Wildman–Crippen MR) is 47.8 cm³/mol. The molecular weight excluding hydrogens is 191 g/mol. The maximum atomic E-state index is 12.4. The van der Waals surface area contributed by atoms with Crippen LogP contribution in [0.4, 0.5) is 3.89 Å². The number of Topliss-reactive ketones (excluding diaryl/α,β-unsaturated/α-hetero) is 1. The lowest BCUT2D eigenvalue weighted by Gasteiger charge is -2.17. The van der Waals surface area contributed by atoms with Gasteiger partial charge in [0.25, 0.3) is 0 Å². The van der Waals surface area contributed by atoms with Crippen molar-refractivity contribution in [3.8, 4) is 5.75 Å². The molecule has 0 radical (unpaired) electrons.